The molecule has 2 N–H and O–H groups in total. The molecule has 0 saturated heterocycles. The predicted octanol–water partition coefficient (Wildman–Crippen LogP) is 4.21. The Morgan fingerprint density at radius 3 is 2.27 bits per heavy atom. The van der Waals surface area contributed by atoms with Gasteiger partial charge >= 0.3 is 6.09 Å². The van der Waals surface area contributed by atoms with Gasteiger partial charge in [0.2, 0.25) is 0 Å². The fourth-order valence-electron chi connectivity index (χ4n) is 2.36. The Bertz CT molecular complexity index is 692. The van der Waals surface area contributed by atoms with E-state index in [0.717, 1.165) is 11.3 Å². The van der Waals surface area contributed by atoms with Gasteiger partial charge in [-0.05, 0) is 51.0 Å². The standard InChI is InChI=1S/C21H27NO4/c1-15(22-20(24)26-21(2,3)4)19(23)17-10-12-18(13-11-17)25-14-16-8-6-5-7-9-16/h5-13,15,19,23H,14H2,1-4H3,(H,22,24)/t15-,19+/m1/s1. The van der Waals surface area contributed by atoms with Crippen molar-refractivity contribution in [2.45, 2.75) is 52.0 Å². The number of alkyl carbamates (subject to hydrolysis) is 1. The van der Waals surface area contributed by atoms with E-state index in [4.69, 9.17) is 9.47 Å². The molecule has 2 atom stereocenters. The second-order valence-electron chi connectivity index (χ2n) is 7.22. The van der Waals surface area contributed by atoms with Gasteiger partial charge in [-0.25, -0.2) is 4.79 Å². The summed E-state index contributed by atoms with van der Waals surface area (Å²) in [5.74, 6) is 0.720. The van der Waals surface area contributed by atoms with Crippen LogP contribution >= 0.6 is 0 Å². The highest BCUT2D eigenvalue weighted by molar-refractivity contribution is 5.68. The lowest BCUT2D eigenvalue weighted by Crippen LogP contribution is -2.40. The quantitative estimate of drug-likeness (QED) is 0.812. The average molecular weight is 357 g/mol. The van der Waals surface area contributed by atoms with Crippen molar-refractivity contribution in [2.75, 3.05) is 0 Å². The van der Waals surface area contributed by atoms with Crippen LogP contribution in [0.2, 0.25) is 0 Å². The summed E-state index contributed by atoms with van der Waals surface area (Å²) in [6.07, 6.45) is -1.39. The third-order valence-corrected chi connectivity index (χ3v) is 3.69. The van der Waals surface area contributed by atoms with Gasteiger partial charge in [0, 0.05) is 0 Å². The smallest absolute Gasteiger partial charge is 0.407 e. The molecule has 5 nitrogen and oxygen atoms in total. The SMILES string of the molecule is C[C@@H](NC(=O)OC(C)(C)C)[C@H](O)c1ccc(OCc2ccccc2)cc1. The molecule has 0 aliphatic carbocycles. The van der Waals surface area contributed by atoms with E-state index in [-0.39, 0.29) is 0 Å². The molecule has 0 radical (unpaired) electrons. The van der Waals surface area contributed by atoms with Gasteiger partial charge in [-0.2, -0.15) is 0 Å². The van der Waals surface area contributed by atoms with E-state index in [9.17, 15) is 9.90 Å². The molecule has 2 aromatic rings. The van der Waals surface area contributed by atoms with Gasteiger partial charge in [-0.3, -0.25) is 0 Å². The third kappa shape index (κ3) is 6.41. The number of aliphatic hydroxyl groups is 1. The van der Waals surface area contributed by atoms with Crippen LogP contribution in [0.15, 0.2) is 54.6 Å². The Morgan fingerprint density at radius 2 is 1.69 bits per heavy atom. The molecule has 0 bridgehead atoms. The minimum Gasteiger partial charge on any atom is -0.489 e. The second-order valence-corrected chi connectivity index (χ2v) is 7.22. The molecule has 0 heterocycles. The van der Waals surface area contributed by atoms with Crippen molar-refractivity contribution < 1.29 is 19.4 Å². The fraction of sp³-hybridized carbons (Fsp3) is 0.381. The molecule has 1 amide bonds. The van der Waals surface area contributed by atoms with Gasteiger partial charge in [0.25, 0.3) is 0 Å². The van der Waals surface area contributed by atoms with E-state index in [1.54, 1.807) is 39.8 Å². The predicted molar refractivity (Wildman–Crippen MR) is 101 cm³/mol. The molecule has 26 heavy (non-hydrogen) atoms. The van der Waals surface area contributed by atoms with Crippen molar-refractivity contribution in [2.24, 2.45) is 0 Å². The van der Waals surface area contributed by atoms with Gasteiger partial charge in [-0.15, -0.1) is 0 Å². The zero-order chi connectivity index (χ0) is 19.2. The van der Waals surface area contributed by atoms with Crippen LogP contribution in [0.1, 0.15) is 44.9 Å². The molecule has 0 spiro atoms. The molecule has 2 aromatic carbocycles. The molecule has 0 aliphatic rings. The van der Waals surface area contributed by atoms with Crippen LogP contribution in [0.25, 0.3) is 0 Å². The van der Waals surface area contributed by atoms with Crippen molar-refractivity contribution in [1.82, 2.24) is 5.32 Å². The van der Waals surface area contributed by atoms with Crippen LogP contribution in [-0.2, 0) is 11.3 Å². The average Bonchev–Trinajstić information content (AvgIpc) is 2.59. The molecule has 0 saturated carbocycles. The highest BCUT2D eigenvalue weighted by atomic mass is 16.6. The number of carbonyl (C=O) groups excluding carboxylic acids is 1. The summed E-state index contributed by atoms with van der Waals surface area (Å²) in [7, 11) is 0. The zero-order valence-corrected chi connectivity index (χ0v) is 15.7. The fourth-order valence-corrected chi connectivity index (χ4v) is 2.36. The lowest BCUT2D eigenvalue weighted by molar-refractivity contribution is 0.0435. The normalized spacial score (nSPS) is 13.6. The molecule has 2 rings (SSSR count). The van der Waals surface area contributed by atoms with Gasteiger partial charge in [0.15, 0.2) is 0 Å². The monoisotopic (exact) mass is 357 g/mol. The highest BCUT2D eigenvalue weighted by Gasteiger charge is 2.22. The van der Waals surface area contributed by atoms with E-state index in [0.29, 0.717) is 12.2 Å². The number of aliphatic hydroxyl groups excluding tert-OH is 1. The lowest BCUT2D eigenvalue weighted by Gasteiger charge is -2.24. The number of carbonyl (C=O) groups is 1. The Kier molecular flexibility index (Phi) is 6.64. The van der Waals surface area contributed by atoms with Gasteiger partial charge in [-0.1, -0.05) is 42.5 Å². The number of hydrogen-bond donors (Lipinski definition) is 2. The van der Waals surface area contributed by atoms with Crippen molar-refractivity contribution in [1.29, 1.82) is 0 Å². The van der Waals surface area contributed by atoms with Crippen LogP contribution in [0.4, 0.5) is 4.79 Å². The van der Waals surface area contributed by atoms with Gasteiger partial charge in [0.05, 0.1) is 12.1 Å². The maximum Gasteiger partial charge on any atom is 0.407 e. The molecule has 140 valence electrons. The summed E-state index contributed by atoms with van der Waals surface area (Å²) in [6.45, 7) is 7.60. The Morgan fingerprint density at radius 1 is 1.08 bits per heavy atom. The first kappa shape index (κ1) is 19.8. The number of hydrogen-bond acceptors (Lipinski definition) is 4. The summed E-state index contributed by atoms with van der Waals surface area (Å²) in [5, 5.41) is 13.1. The second kappa shape index (κ2) is 8.72. The van der Waals surface area contributed by atoms with Crippen molar-refractivity contribution in [3.05, 3.63) is 65.7 Å². The van der Waals surface area contributed by atoms with Crippen LogP contribution in [-0.4, -0.2) is 22.8 Å². The van der Waals surface area contributed by atoms with E-state index in [1.165, 1.54) is 0 Å². The summed E-state index contributed by atoms with van der Waals surface area (Å²) >= 11 is 0. The van der Waals surface area contributed by atoms with Crippen molar-refractivity contribution in [3.8, 4) is 5.75 Å². The molecule has 5 heteroatoms. The Balaban J connectivity index is 1.89. The Labute approximate surface area is 155 Å². The molecule has 0 aliphatic heterocycles. The topological polar surface area (TPSA) is 67.8 Å². The first-order valence-electron chi connectivity index (χ1n) is 8.69. The van der Waals surface area contributed by atoms with E-state index >= 15 is 0 Å². The highest BCUT2D eigenvalue weighted by Crippen LogP contribution is 2.21. The molecular weight excluding hydrogens is 330 g/mol. The molecule has 0 aromatic heterocycles. The first-order valence-corrected chi connectivity index (χ1v) is 8.69. The van der Waals surface area contributed by atoms with Gasteiger partial charge in [0.1, 0.15) is 18.0 Å². The summed E-state index contributed by atoms with van der Waals surface area (Å²) in [6, 6.07) is 16.6. The van der Waals surface area contributed by atoms with Crippen molar-refractivity contribution >= 4 is 6.09 Å². The molecular formula is C21H27NO4. The number of amides is 1. The van der Waals surface area contributed by atoms with E-state index < -0.39 is 23.8 Å². The van der Waals surface area contributed by atoms with Crippen LogP contribution in [0, 0.1) is 0 Å². The third-order valence-electron chi connectivity index (χ3n) is 3.69. The summed E-state index contributed by atoms with van der Waals surface area (Å²) in [4.78, 5) is 11.8. The zero-order valence-electron chi connectivity index (χ0n) is 15.7. The Hall–Kier alpha value is -2.53. The first-order chi connectivity index (χ1) is 12.2. The molecule has 0 fully saturated rings. The largest absolute Gasteiger partial charge is 0.489 e. The van der Waals surface area contributed by atoms with Crippen LogP contribution < -0.4 is 10.1 Å². The maximum atomic E-state index is 11.8. The lowest BCUT2D eigenvalue weighted by atomic mass is 10.0. The summed E-state index contributed by atoms with van der Waals surface area (Å²) in [5.41, 5.74) is 1.21. The molecule has 0 unspecified atom stereocenters. The van der Waals surface area contributed by atoms with E-state index in [1.807, 2.05) is 42.5 Å². The van der Waals surface area contributed by atoms with Crippen LogP contribution in [0.5, 0.6) is 5.75 Å². The number of rotatable bonds is 6. The number of benzene rings is 2. The van der Waals surface area contributed by atoms with Crippen LogP contribution in [0.3, 0.4) is 0 Å². The minimum absolute atomic E-state index is 0.485. The number of ether oxygens (including phenoxy) is 2. The maximum absolute atomic E-state index is 11.8. The van der Waals surface area contributed by atoms with E-state index in [2.05, 4.69) is 5.32 Å². The van der Waals surface area contributed by atoms with Crippen molar-refractivity contribution in [3.63, 3.8) is 0 Å². The van der Waals surface area contributed by atoms with Gasteiger partial charge < -0.3 is 19.9 Å². The summed E-state index contributed by atoms with van der Waals surface area (Å²) < 4.78 is 10.9. The number of nitrogens with one attached hydrogen (secondary N) is 1. The minimum atomic E-state index is -0.842.